The molecular formula is C44H92O2Si. The zero-order valence-corrected chi connectivity index (χ0v) is 35.0. The van der Waals surface area contributed by atoms with Gasteiger partial charge in [0, 0.05) is 12.2 Å². The van der Waals surface area contributed by atoms with Crippen molar-refractivity contribution in [3.63, 3.8) is 0 Å². The van der Waals surface area contributed by atoms with E-state index >= 15 is 0 Å². The van der Waals surface area contributed by atoms with E-state index in [4.69, 9.17) is 8.85 Å². The van der Waals surface area contributed by atoms with E-state index in [1.807, 2.05) is 0 Å². The molecule has 284 valence electrons. The maximum absolute atomic E-state index is 6.10. The van der Waals surface area contributed by atoms with Crippen molar-refractivity contribution in [3.8, 4) is 0 Å². The second-order valence-corrected chi connectivity index (χ2v) is 16.6. The van der Waals surface area contributed by atoms with Gasteiger partial charge in [0.05, 0.1) is 0 Å². The van der Waals surface area contributed by atoms with Gasteiger partial charge in [0.1, 0.15) is 0 Å². The van der Waals surface area contributed by atoms with Crippen molar-refractivity contribution < 1.29 is 8.85 Å². The molecule has 0 aliphatic carbocycles. The van der Waals surface area contributed by atoms with Crippen molar-refractivity contribution in [1.29, 1.82) is 0 Å². The summed E-state index contributed by atoms with van der Waals surface area (Å²) in [6.45, 7) is 9.12. The van der Waals surface area contributed by atoms with Crippen LogP contribution in [0.3, 0.4) is 0 Å². The van der Waals surface area contributed by atoms with Gasteiger partial charge < -0.3 is 8.85 Å². The number of hydrogen-bond donors (Lipinski definition) is 0. The van der Waals surface area contributed by atoms with Gasteiger partial charge in [-0.25, -0.2) is 0 Å². The smallest absolute Gasteiger partial charge is 0.304 e. The fourth-order valence-corrected chi connectivity index (χ4v) is 7.98. The van der Waals surface area contributed by atoms with E-state index in [0.29, 0.717) is 12.2 Å². The summed E-state index contributed by atoms with van der Waals surface area (Å²) in [5.74, 6) is 0. The summed E-state index contributed by atoms with van der Waals surface area (Å²) >= 11 is 0. The van der Waals surface area contributed by atoms with E-state index < -0.39 is 10.0 Å². The Bertz CT molecular complexity index is 495. The lowest BCUT2D eigenvalue weighted by molar-refractivity contribution is 0.123. The van der Waals surface area contributed by atoms with Crippen molar-refractivity contribution in [3.05, 3.63) is 0 Å². The molecule has 0 aliphatic heterocycles. The van der Waals surface area contributed by atoms with E-state index in [2.05, 4.69) is 27.7 Å². The van der Waals surface area contributed by atoms with Crippen LogP contribution in [0.25, 0.3) is 0 Å². The van der Waals surface area contributed by atoms with Crippen molar-refractivity contribution >= 4 is 10.0 Å². The standard InChI is InChI=1S/C44H92O2Si/c1-5-7-9-11-13-15-17-19-21-23-25-27-29-31-33-35-37-39-41-43(3)45-47-46-44(4)42-40-38-36-34-32-30-28-26-24-22-20-18-16-14-12-10-8-6-2/h43-44H,5-42,47H2,1-4H3. The van der Waals surface area contributed by atoms with Crippen molar-refractivity contribution in [2.45, 2.75) is 284 Å². The first-order valence-corrected chi connectivity index (χ1v) is 23.6. The minimum atomic E-state index is -0.822. The third kappa shape index (κ3) is 42.2. The van der Waals surface area contributed by atoms with Gasteiger partial charge in [-0.3, -0.25) is 0 Å². The van der Waals surface area contributed by atoms with E-state index in [1.54, 1.807) is 0 Å². The molecule has 0 aromatic heterocycles. The molecule has 0 radical (unpaired) electrons. The Kier molecular flexibility index (Phi) is 42.4. The summed E-state index contributed by atoms with van der Waals surface area (Å²) in [7, 11) is -0.822. The molecule has 0 spiro atoms. The molecule has 0 saturated carbocycles. The largest absolute Gasteiger partial charge is 0.396 e. The SMILES string of the molecule is CCCCCCCCCCCCCCCCCCCCC(C)O[SiH2]OC(C)CCCCCCCCCCCCCCCCCCCC. The predicted molar refractivity (Wildman–Crippen MR) is 216 cm³/mol. The summed E-state index contributed by atoms with van der Waals surface area (Å²) in [5, 5.41) is 0. The zero-order valence-electron chi connectivity index (χ0n) is 33.5. The second kappa shape index (κ2) is 42.3. The van der Waals surface area contributed by atoms with Crippen LogP contribution < -0.4 is 0 Å². The molecule has 0 aromatic carbocycles. The lowest BCUT2D eigenvalue weighted by atomic mass is 10.0. The molecule has 0 saturated heterocycles. The van der Waals surface area contributed by atoms with Crippen molar-refractivity contribution in [2.24, 2.45) is 0 Å². The van der Waals surface area contributed by atoms with Gasteiger partial charge in [-0.15, -0.1) is 0 Å². The summed E-state index contributed by atoms with van der Waals surface area (Å²) in [6, 6.07) is 0. The first-order chi connectivity index (χ1) is 23.2. The summed E-state index contributed by atoms with van der Waals surface area (Å²) < 4.78 is 12.2. The van der Waals surface area contributed by atoms with Crippen LogP contribution in [0.4, 0.5) is 0 Å². The van der Waals surface area contributed by atoms with Gasteiger partial charge in [0.2, 0.25) is 0 Å². The monoisotopic (exact) mass is 681 g/mol. The van der Waals surface area contributed by atoms with Crippen LogP contribution in [0.15, 0.2) is 0 Å². The average Bonchev–Trinajstić information content (AvgIpc) is 3.07. The molecule has 3 heteroatoms. The van der Waals surface area contributed by atoms with Crippen LogP contribution >= 0.6 is 0 Å². The second-order valence-electron chi connectivity index (χ2n) is 15.7. The minimum absolute atomic E-state index is 0.389. The van der Waals surface area contributed by atoms with Crippen LogP contribution in [0, 0.1) is 0 Å². The van der Waals surface area contributed by atoms with Gasteiger partial charge in [0.25, 0.3) is 0 Å². The Morgan fingerprint density at radius 3 is 0.638 bits per heavy atom. The minimum Gasteiger partial charge on any atom is -0.396 e. The lowest BCUT2D eigenvalue weighted by Crippen LogP contribution is -2.19. The average molecular weight is 681 g/mol. The molecule has 0 bridgehead atoms. The van der Waals surface area contributed by atoms with Gasteiger partial charge in [-0.05, 0) is 26.7 Å². The third-order valence-corrected chi connectivity index (χ3v) is 12.0. The fourth-order valence-electron chi connectivity index (χ4n) is 7.11. The first kappa shape index (κ1) is 47.1. The molecule has 0 heterocycles. The zero-order chi connectivity index (χ0) is 34.1. The maximum Gasteiger partial charge on any atom is 0.304 e. The molecule has 47 heavy (non-hydrogen) atoms. The number of rotatable bonds is 42. The Labute approximate surface area is 301 Å². The first-order valence-electron chi connectivity index (χ1n) is 22.4. The van der Waals surface area contributed by atoms with Gasteiger partial charge in [0.15, 0.2) is 0 Å². The molecule has 0 aromatic rings. The molecule has 2 atom stereocenters. The van der Waals surface area contributed by atoms with Crippen LogP contribution in [-0.4, -0.2) is 22.2 Å². The van der Waals surface area contributed by atoms with E-state index in [0.717, 1.165) is 0 Å². The summed E-state index contributed by atoms with van der Waals surface area (Å²) in [5.41, 5.74) is 0. The number of hydrogen-bond acceptors (Lipinski definition) is 2. The van der Waals surface area contributed by atoms with Gasteiger partial charge in [-0.2, -0.15) is 0 Å². The molecule has 0 amide bonds. The Balaban J connectivity index is 3.24. The quantitative estimate of drug-likeness (QED) is 0.0472. The molecule has 0 N–H and O–H groups in total. The highest BCUT2D eigenvalue weighted by Gasteiger charge is 2.06. The molecule has 0 aliphatic rings. The molecule has 2 nitrogen and oxygen atoms in total. The molecule has 0 rings (SSSR count). The predicted octanol–water partition coefficient (Wildman–Crippen LogP) is 15.7. The van der Waals surface area contributed by atoms with E-state index in [-0.39, 0.29) is 0 Å². The molecule has 0 fully saturated rings. The molecule has 2 unspecified atom stereocenters. The third-order valence-electron chi connectivity index (χ3n) is 10.6. The molecular weight excluding hydrogens is 589 g/mol. The normalized spacial score (nSPS) is 13.3. The van der Waals surface area contributed by atoms with Crippen molar-refractivity contribution in [2.75, 3.05) is 0 Å². The summed E-state index contributed by atoms with van der Waals surface area (Å²) in [4.78, 5) is 0. The highest BCUT2D eigenvalue weighted by atomic mass is 28.3. The van der Waals surface area contributed by atoms with Gasteiger partial charge >= 0.3 is 10.0 Å². The maximum atomic E-state index is 6.10. The van der Waals surface area contributed by atoms with Crippen LogP contribution in [0.5, 0.6) is 0 Å². The Morgan fingerprint density at radius 1 is 0.277 bits per heavy atom. The number of unbranched alkanes of at least 4 members (excludes halogenated alkanes) is 34. The van der Waals surface area contributed by atoms with Crippen LogP contribution in [0.1, 0.15) is 272 Å². The highest BCUT2D eigenvalue weighted by Crippen LogP contribution is 2.17. The summed E-state index contributed by atoms with van der Waals surface area (Å²) in [6.07, 6.45) is 55.1. The van der Waals surface area contributed by atoms with Gasteiger partial charge in [-0.1, -0.05) is 245 Å². The Morgan fingerprint density at radius 2 is 0.447 bits per heavy atom. The van der Waals surface area contributed by atoms with Crippen molar-refractivity contribution in [1.82, 2.24) is 0 Å². The van der Waals surface area contributed by atoms with Crippen LogP contribution in [-0.2, 0) is 8.85 Å². The van der Waals surface area contributed by atoms with Crippen LogP contribution in [0.2, 0.25) is 0 Å². The topological polar surface area (TPSA) is 18.5 Å². The van der Waals surface area contributed by atoms with E-state index in [9.17, 15) is 0 Å². The lowest BCUT2D eigenvalue weighted by Gasteiger charge is -2.17. The highest BCUT2D eigenvalue weighted by molar-refractivity contribution is 6.18. The fraction of sp³-hybridized carbons (Fsp3) is 1.00. The van der Waals surface area contributed by atoms with E-state index in [1.165, 1.54) is 244 Å². The Hall–Kier alpha value is 0.137.